The molecule has 0 bridgehead atoms. The van der Waals surface area contributed by atoms with Crippen LogP contribution in [0.4, 0.5) is 0 Å². The van der Waals surface area contributed by atoms with Gasteiger partial charge in [-0.25, -0.2) is 0 Å². The Morgan fingerprint density at radius 1 is 0.969 bits per heavy atom. The van der Waals surface area contributed by atoms with Gasteiger partial charge in [0.1, 0.15) is 0 Å². The van der Waals surface area contributed by atoms with Crippen molar-refractivity contribution in [2.45, 2.75) is 51.6 Å². The van der Waals surface area contributed by atoms with Gasteiger partial charge >= 0.3 is 0 Å². The fourth-order valence-corrected chi connectivity index (χ4v) is 4.88. The maximum absolute atomic E-state index is 12.7. The first-order valence-electron chi connectivity index (χ1n) is 12.0. The number of nitrogens with one attached hydrogen (secondary N) is 1. The van der Waals surface area contributed by atoms with Crippen molar-refractivity contribution in [3.05, 3.63) is 70.3 Å². The lowest BCUT2D eigenvalue weighted by molar-refractivity contribution is -0.122. The summed E-state index contributed by atoms with van der Waals surface area (Å²) in [5, 5.41) is 12.2. The molecule has 2 aromatic rings. The fraction of sp³-hybridized carbons (Fsp3) is 0.481. The van der Waals surface area contributed by atoms with Gasteiger partial charge in [-0.15, -0.1) is 0 Å². The molecular formula is C27H34N4O. The fourth-order valence-electron chi connectivity index (χ4n) is 4.88. The van der Waals surface area contributed by atoms with E-state index >= 15 is 0 Å². The van der Waals surface area contributed by atoms with Crippen LogP contribution in [-0.2, 0) is 24.2 Å². The summed E-state index contributed by atoms with van der Waals surface area (Å²) in [5.74, 6) is 0.107. The van der Waals surface area contributed by atoms with Gasteiger partial charge in [0.05, 0.1) is 24.2 Å². The molecular weight excluding hydrogens is 396 g/mol. The van der Waals surface area contributed by atoms with Gasteiger partial charge in [-0.3, -0.25) is 14.6 Å². The van der Waals surface area contributed by atoms with E-state index in [4.69, 9.17) is 5.26 Å². The number of benzene rings is 2. The van der Waals surface area contributed by atoms with Crippen molar-refractivity contribution in [3.63, 3.8) is 0 Å². The van der Waals surface area contributed by atoms with Gasteiger partial charge in [0.2, 0.25) is 5.91 Å². The highest BCUT2D eigenvalue weighted by Crippen LogP contribution is 2.24. The average Bonchev–Trinajstić information content (AvgIpc) is 3.04. The van der Waals surface area contributed by atoms with Crippen LogP contribution in [0.3, 0.4) is 0 Å². The second-order valence-corrected chi connectivity index (χ2v) is 9.24. The maximum Gasteiger partial charge on any atom is 0.234 e. The molecule has 1 heterocycles. The highest BCUT2D eigenvalue weighted by atomic mass is 16.2. The van der Waals surface area contributed by atoms with Gasteiger partial charge in [-0.1, -0.05) is 30.3 Å². The molecule has 5 heteroatoms. The Morgan fingerprint density at radius 2 is 1.69 bits per heavy atom. The summed E-state index contributed by atoms with van der Waals surface area (Å²) < 4.78 is 0. The largest absolute Gasteiger partial charge is 0.348 e. The average molecular weight is 431 g/mol. The summed E-state index contributed by atoms with van der Waals surface area (Å²) in [6, 6.07) is 16.8. The number of carbonyl (C=O) groups excluding carboxylic acids is 1. The molecule has 0 radical (unpaired) electrons. The van der Waals surface area contributed by atoms with E-state index in [9.17, 15) is 4.79 Å². The third-order valence-electron chi connectivity index (χ3n) is 6.79. The van der Waals surface area contributed by atoms with Crippen LogP contribution < -0.4 is 5.32 Å². The highest BCUT2D eigenvalue weighted by Gasteiger charge is 2.19. The summed E-state index contributed by atoms with van der Waals surface area (Å²) in [4.78, 5) is 17.4. The molecule has 1 N–H and O–H groups in total. The van der Waals surface area contributed by atoms with Crippen LogP contribution in [0.2, 0.25) is 0 Å². The number of hydrogen-bond acceptors (Lipinski definition) is 4. The lowest BCUT2D eigenvalue weighted by atomic mass is 9.89. The maximum atomic E-state index is 12.7. The van der Waals surface area contributed by atoms with E-state index in [0.717, 1.165) is 45.6 Å². The lowest BCUT2D eigenvalue weighted by Crippen LogP contribution is -2.40. The summed E-state index contributed by atoms with van der Waals surface area (Å²) in [6.07, 6.45) is 5.97. The minimum atomic E-state index is 0.0367. The summed E-state index contributed by atoms with van der Waals surface area (Å²) >= 11 is 0. The number of rotatable bonds is 6. The first kappa shape index (κ1) is 22.5. The predicted octanol–water partition coefficient (Wildman–Crippen LogP) is 3.82. The SMILES string of the molecule is CC(NC(=O)CN1CCCN(Cc2ccc(C#N)cc2)CC1)c1ccc2c(c1)CCCC2. The molecule has 0 aromatic heterocycles. The van der Waals surface area contributed by atoms with E-state index in [1.54, 1.807) is 0 Å². The summed E-state index contributed by atoms with van der Waals surface area (Å²) in [7, 11) is 0. The molecule has 1 atom stereocenters. The number of carbonyl (C=O) groups is 1. The zero-order chi connectivity index (χ0) is 22.3. The highest BCUT2D eigenvalue weighted by molar-refractivity contribution is 5.78. The minimum Gasteiger partial charge on any atom is -0.348 e. The summed E-state index contributed by atoms with van der Waals surface area (Å²) in [5.41, 5.74) is 6.09. The molecule has 2 aromatic carbocycles. The van der Waals surface area contributed by atoms with Crippen LogP contribution in [0.5, 0.6) is 0 Å². The Balaban J connectivity index is 1.25. The predicted molar refractivity (Wildman–Crippen MR) is 127 cm³/mol. The molecule has 2 aliphatic rings. The van der Waals surface area contributed by atoms with E-state index in [1.807, 2.05) is 24.3 Å². The Hall–Kier alpha value is -2.68. The number of hydrogen-bond donors (Lipinski definition) is 1. The number of fused-ring (bicyclic) bond motifs is 1. The second-order valence-electron chi connectivity index (χ2n) is 9.24. The Labute approximate surface area is 192 Å². The normalized spacial score (nSPS) is 18.2. The number of amides is 1. The molecule has 1 unspecified atom stereocenters. The Bertz CT molecular complexity index is 963. The zero-order valence-corrected chi connectivity index (χ0v) is 19.1. The third kappa shape index (κ3) is 5.97. The minimum absolute atomic E-state index is 0.0367. The number of nitriles is 1. The number of nitrogens with zero attached hydrogens (tertiary/aromatic N) is 3. The zero-order valence-electron chi connectivity index (χ0n) is 19.1. The molecule has 1 amide bonds. The van der Waals surface area contributed by atoms with Crippen LogP contribution in [0.15, 0.2) is 42.5 Å². The van der Waals surface area contributed by atoms with Crippen molar-refractivity contribution in [2.24, 2.45) is 0 Å². The van der Waals surface area contributed by atoms with Gasteiger partial charge in [-0.05, 0) is 86.5 Å². The number of aryl methyl sites for hydroxylation is 2. The van der Waals surface area contributed by atoms with Crippen molar-refractivity contribution in [1.82, 2.24) is 15.1 Å². The van der Waals surface area contributed by atoms with E-state index in [-0.39, 0.29) is 11.9 Å². The van der Waals surface area contributed by atoms with E-state index in [0.29, 0.717) is 12.1 Å². The van der Waals surface area contributed by atoms with Crippen molar-refractivity contribution in [2.75, 3.05) is 32.7 Å². The van der Waals surface area contributed by atoms with Crippen LogP contribution in [0.1, 0.15) is 60.0 Å². The molecule has 1 fully saturated rings. The van der Waals surface area contributed by atoms with Crippen molar-refractivity contribution >= 4 is 5.91 Å². The molecule has 32 heavy (non-hydrogen) atoms. The van der Waals surface area contributed by atoms with Gasteiger partial charge in [-0.2, -0.15) is 5.26 Å². The topological polar surface area (TPSA) is 59.4 Å². The van der Waals surface area contributed by atoms with Gasteiger partial charge in [0, 0.05) is 19.6 Å². The monoisotopic (exact) mass is 430 g/mol. The Kier molecular flexibility index (Phi) is 7.57. The molecule has 1 saturated heterocycles. The van der Waals surface area contributed by atoms with Crippen LogP contribution in [0, 0.1) is 11.3 Å². The van der Waals surface area contributed by atoms with Crippen molar-refractivity contribution in [1.29, 1.82) is 5.26 Å². The van der Waals surface area contributed by atoms with E-state index < -0.39 is 0 Å². The quantitative estimate of drug-likeness (QED) is 0.757. The Morgan fingerprint density at radius 3 is 2.47 bits per heavy atom. The van der Waals surface area contributed by atoms with Gasteiger partial charge in [0.25, 0.3) is 0 Å². The first-order valence-corrected chi connectivity index (χ1v) is 12.0. The molecule has 168 valence electrons. The van der Waals surface area contributed by atoms with Crippen molar-refractivity contribution < 1.29 is 4.79 Å². The molecule has 5 nitrogen and oxygen atoms in total. The summed E-state index contributed by atoms with van der Waals surface area (Å²) in [6.45, 7) is 7.27. The third-order valence-corrected chi connectivity index (χ3v) is 6.79. The van der Waals surface area contributed by atoms with Gasteiger partial charge in [0.15, 0.2) is 0 Å². The molecule has 1 aliphatic carbocycles. The van der Waals surface area contributed by atoms with E-state index in [1.165, 1.54) is 41.5 Å². The van der Waals surface area contributed by atoms with Gasteiger partial charge < -0.3 is 5.32 Å². The van der Waals surface area contributed by atoms with Crippen LogP contribution in [-0.4, -0.2) is 48.4 Å². The molecule has 1 aliphatic heterocycles. The smallest absolute Gasteiger partial charge is 0.234 e. The molecule has 0 spiro atoms. The van der Waals surface area contributed by atoms with Crippen molar-refractivity contribution in [3.8, 4) is 6.07 Å². The first-order chi connectivity index (χ1) is 15.6. The standard InChI is InChI=1S/C27H34N4O/c1-21(25-12-11-24-5-2-3-6-26(24)17-25)29-27(32)20-31-14-4-13-30(15-16-31)19-23-9-7-22(18-28)8-10-23/h7-12,17,21H,2-6,13-16,19-20H2,1H3,(H,29,32). The van der Waals surface area contributed by atoms with Crippen LogP contribution >= 0.6 is 0 Å². The molecule has 4 rings (SSSR count). The lowest BCUT2D eigenvalue weighted by Gasteiger charge is -2.23. The van der Waals surface area contributed by atoms with Crippen LogP contribution in [0.25, 0.3) is 0 Å². The second kappa shape index (κ2) is 10.8. The molecule has 0 saturated carbocycles. The van der Waals surface area contributed by atoms with E-state index in [2.05, 4.69) is 46.3 Å².